The number of pyridine rings is 1. The molecule has 0 aromatic carbocycles. The Balaban J connectivity index is 1.26. The van der Waals surface area contributed by atoms with Gasteiger partial charge < -0.3 is 15.2 Å². The van der Waals surface area contributed by atoms with E-state index in [9.17, 15) is 9.59 Å². The van der Waals surface area contributed by atoms with E-state index in [2.05, 4.69) is 20.6 Å². The zero-order valence-electron chi connectivity index (χ0n) is 16.4. The lowest BCUT2D eigenvalue weighted by molar-refractivity contribution is -0.124. The van der Waals surface area contributed by atoms with Gasteiger partial charge in [0.05, 0.1) is 22.7 Å². The summed E-state index contributed by atoms with van der Waals surface area (Å²) in [6.45, 7) is -0.137. The van der Waals surface area contributed by atoms with Gasteiger partial charge >= 0.3 is 5.97 Å². The highest BCUT2D eigenvalue weighted by Crippen LogP contribution is 2.31. The fraction of sp³-hybridized carbons (Fsp3) is 0.350. The molecule has 4 rings (SSSR count). The summed E-state index contributed by atoms with van der Waals surface area (Å²) >= 11 is 7.30. The van der Waals surface area contributed by atoms with Crippen LogP contribution in [-0.4, -0.2) is 49.6 Å². The van der Waals surface area contributed by atoms with Crippen molar-refractivity contribution in [2.24, 2.45) is 0 Å². The number of nitrogens with zero attached hydrogens (tertiary/aromatic N) is 4. The van der Waals surface area contributed by atoms with E-state index in [1.807, 2.05) is 10.9 Å². The first kappa shape index (κ1) is 21.3. The molecule has 0 spiro atoms. The standard InChI is InChI=1S/C20H20ClN5O4S/c21-15-2-1-7-22-19(15)30-10-18(27)23-13-3-5-14(6-4-13)26-9-16(24-25-26)17-8-12(11-31-17)20(28)29/h1-2,7-9,11,13-14H,3-6,10H2,(H,23,27)(H,28,29). The molecule has 1 fully saturated rings. The predicted molar refractivity (Wildman–Crippen MR) is 114 cm³/mol. The minimum absolute atomic E-state index is 0.0740. The zero-order valence-corrected chi connectivity index (χ0v) is 18.0. The average Bonchev–Trinajstić information content (AvgIpc) is 3.44. The monoisotopic (exact) mass is 461 g/mol. The Morgan fingerprint density at radius 1 is 1.32 bits per heavy atom. The molecule has 9 nitrogen and oxygen atoms in total. The van der Waals surface area contributed by atoms with Crippen LogP contribution in [0, 0.1) is 0 Å². The maximum absolute atomic E-state index is 12.2. The number of hydrogen-bond donors (Lipinski definition) is 2. The number of aromatic carboxylic acids is 1. The number of ether oxygens (including phenoxy) is 1. The van der Waals surface area contributed by atoms with E-state index in [1.54, 1.807) is 29.8 Å². The van der Waals surface area contributed by atoms with Crippen molar-refractivity contribution < 1.29 is 19.4 Å². The molecule has 0 bridgehead atoms. The van der Waals surface area contributed by atoms with Crippen molar-refractivity contribution in [1.29, 1.82) is 0 Å². The molecule has 3 aromatic rings. The van der Waals surface area contributed by atoms with Crippen molar-refractivity contribution in [1.82, 2.24) is 25.3 Å². The molecule has 0 saturated heterocycles. The molecule has 0 radical (unpaired) electrons. The predicted octanol–water partition coefficient (Wildman–Crippen LogP) is 3.43. The molecule has 3 heterocycles. The van der Waals surface area contributed by atoms with Crippen LogP contribution in [-0.2, 0) is 4.79 Å². The topological polar surface area (TPSA) is 119 Å². The third-order valence-electron chi connectivity index (χ3n) is 5.11. The molecule has 11 heteroatoms. The maximum atomic E-state index is 12.2. The Bertz CT molecular complexity index is 1080. The number of carbonyl (C=O) groups is 2. The van der Waals surface area contributed by atoms with Crippen LogP contribution in [0.5, 0.6) is 5.88 Å². The van der Waals surface area contributed by atoms with Crippen molar-refractivity contribution in [3.63, 3.8) is 0 Å². The van der Waals surface area contributed by atoms with Crippen LogP contribution in [0.4, 0.5) is 0 Å². The molecule has 162 valence electrons. The molecule has 1 aliphatic carbocycles. The van der Waals surface area contributed by atoms with Crippen LogP contribution < -0.4 is 10.1 Å². The molecule has 0 unspecified atom stereocenters. The summed E-state index contributed by atoms with van der Waals surface area (Å²) in [5.74, 6) is -0.921. The van der Waals surface area contributed by atoms with E-state index in [1.165, 1.54) is 11.3 Å². The minimum Gasteiger partial charge on any atom is -0.478 e. The number of rotatable bonds is 7. The first-order valence-corrected chi connectivity index (χ1v) is 11.0. The average molecular weight is 462 g/mol. The number of carboxylic acids is 1. The van der Waals surface area contributed by atoms with Crippen LogP contribution in [0.1, 0.15) is 42.1 Å². The summed E-state index contributed by atoms with van der Waals surface area (Å²) in [5, 5.41) is 22.4. The van der Waals surface area contributed by atoms with Gasteiger partial charge in [-0.2, -0.15) is 0 Å². The van der Waals surface area contributed by atoms with Crippen molar-refractivity contribution in [3.8, 4) is 16.5 Å². The van der Waals surface area contributed by atoms with Crippen molar-refractivity contribution in [3.05, 3.63) is 46.6 Å². The second kappa shape index (κ2) is 9.44. The number of nitrogens with one attached hydrogen (secondary N) is 1. The number of halogens is 1. The summed E-state index contributed by atoms with van der Waals surface area (Å²) in [5.41, 5.74) is 0.915. The van der Waals surface area contributed by atoms with Gasteiger partial charge in [-0.15, -0.1) is 16.4 Å². The lowest BCUT2D eigenvalue weighted by atomic mass is 9.91. The fourth-order valence-electron chi connectivity index (χ4n) is 3.52. The molecule has 31 heavy (non-hydrogen) atoms. The van der Waals surface area contributed by atoms with Gasteiger partial charge in [0.1, 0.15) is 10.7 Å². The molecule has 1 aliphatic rings. The third kappa shape index (κ3) is 5.20. The zero-order chi connectivity index (χ0) is 21.8. The van der Waals surface area contributed by atoms with Crippen LogP contribution in [0.25, 0.3) is 10.6 Å². The molecular formula is C20H20ClN5O4S. The normalized spacial score (nSPS) is 18.5. The summed E-state index contributed by atoms with van der Waals surface area (Å²) in [6, 6.07) is 5.22. The van der Waals surface area contributed by atoms with Gasteiger partial charge in [0.25, 0.3) is 5.91 Å². The van der Waals surface area contributed by atoms with E-state index >= 15 is 0 Å². The molecule has 1 amide bonds. The molecule has 0 atom stereocenters. The largest absolute Gasteiger partial charge is 0.478 e. The maximum Gasteiger partial charge on any atom is 0.336 e. The molecule has 1 saturated carbocycles. The summed E-state index contributed by atoms with van der Waals surface area (Å²) in [7, 11) is 0. The number of aromatic nitrogens is 4. The Hall–Kier alpha value is -2.98. The first-order chi connectivity index (χ1) is 15.0. The summed E-state index contributed by atoms with van der Waals surface area (Å²) in [4.78, 5) is 28.0. The highest BCUT2D eigenvalue weighted by molar-refractivity contribution is 7.13. The Morgan fingerprint density at radius 2 is 2.13 bits per heavy atom. The molecule has 0 aliphatic heterocycles. The number of thiophene rings is 1. The minimum atomic E-state index is -0.955. The number of hydrogen-bond acceptors (Lipinski definition) is 7. The lowest BCUT2D eigenvalue weighted by Crippen LogP contribution is -2.40. The molecule has 3 aromatic heterocycles. The van der Waals surface area contributed by atoms with Gasteiger partial charge in [-0.1, -0.05) is 16.8 Å². The second-order valence-corrected chi connectivity index (χ2v) is 8.56. The molecule has 2 N–H and O–H groups in total. The second-order valence-electron chi connectivity index (χ2n) is 7.24. The summed E-state index contributed by atoms with van der Waals surface area (Å²) in [6.07, 6.45) is 6.75. The van der Waals surface area contributed by atoms with E-state index in [4.69, 9.17) is 21.4 Å². The Morgan fingerprint density at radius 3 is 2.84 bits per heavy atom. The fourth-order valence-corrected chi connectivity index (χ4v) is 4.52. The van der Waals surface area contributed by atoms with Crippen LogP contribution >= 0.6 is 22.9 Å². The molecular weight excluding hydrogens is 442 g/mol. The van der Waals surface area contributed by atoms with Gasteiger partial charge in [0, 0.05) is 17.6 Å². The lowest BCUT2D eigenvalue weighted by Gasteiger charge is -2.28. The van der Waals surface area contributed by atoms with E-state index in [0.717, 1.165) is 30.6 Å². The number of carbonyl (C=O) groups excluding carboxylic acids is 1. The van der Waals surface area contributed by atoms with E-state index < -0.39 is 5.97 Å². The van der Waals surface area contributed by atoms with Crippen molar-refractivity contribution >= 4 is 34.8 Å². The third-order valence-corrected chi connectivity index (χ3v) is 6.35. The Labute approximate surface area is 187 Å². The van der Waals surface area contributed by atoms with Gasteiger partial charge in [0.2, 0.25) is 5.88 Å². The van der Waals surface area contributed by atoms with Gasteiger partial charge in [-0.3, -0.25) is 4.79 Å². The van der Waals surface area contributed by atoms with E-state index in [-0.39, 0.29) is 36.0 Å². The quantitative estimate of drug-likeness (QED) is 0.553. The summed E-state index contributed by atoms with van der Waals surface area (Å²) < 4.78 is 7.21. The van der Waals surface area contributed by atoms with Crippen molar-refractivity contribution in [2.45, 2.75) is 37.8 Å². The smallest absolute Gasteiger partial charge is 0.336 e. The van der Waals surface area contributed by atoms with Crippen molar-refractivity contribution in [2.75, 3.05) is 6.61 Å². The van der Waals surface area contributed by atoms with Crippen LogP contribution in [0.15, 0.2) is 36.0 Å². The van der Waals surface area contributed by atoms with Crippen LogP contribution in [0.2, 0.25) is 5.02 Å². The van der Waals surface area contributed by atoms with E-state index in [0.29, 0.717) is 10.7 Å². The first-order valence-electron chi connectivity index (χ1n) is 9.76. The van der Waals surface area contributed by atoms with Gasteiger partial charge in [-0.05, 0) is 43.9 Å². The highest BCUT2D eigenvalue weighted by atomic mass is 35.5. The van der Waals surface area contributed by atoms with Gasteiger partial charge in [-0.25, -0.2) is 14.5 Å². The Kier molecular flexibility index (Phi) is 6.47. The SMILES string of the molecule is O=C(COc1ncccc1Cl)NC1CCC(n2cc(-c3cc(C(=O)O)cs3)nn2)CC1. The number of amides is 1. The highest BCUT2D eigenvalue weighted by Gasteiger charge is 2.25. The van der Waals surface area contributed by atoms with Crippen LogP contribution in [0.3, 0.4) is 0 Å². The van der Waals surface area contributed by atoms with Gasteiger partial charge in [0.15, 0.2) is 6.61 Å². The number of carboxylic acid groups (broad SMARTS) is 1.